The number of hydrogen-bond acceptors (Lipinski definition) is 5. The van der Waals surface area contributed by atoms with E-state index in [1.165, 1.54) is 14.2 Å². The van der Waals surface area contributed by atoms with Crippen LogP contribution in [0.5, 0.6) is 0 Å². The second kappa shape index (κ2) is 8.10. The standard InChI is InChI=1S/C11H21NO4/c1-9(11(14)16-4)8-12(2)7-5-6-10(13)15-3/h9H,5-8H2,1-4H3. The zero-order valence-electron chi connectivity index (χ0n) is 10.5. The molecule has 0 fully saturated rings. The van der Waals surface area contributed by atoms with E-state index in [1.54, 1.807) is 0 Å². The molecule has 0 bridgehead atoms. The average Bonchev–Trinajstić information content (AvgIpc) is 2.27. The van der Waals surface area contributed by atoms with E-state index < -0.39 is 0 Å². The molecule has 5 heteroatoms. The summed E-state index contributed by atoms with van der Waals surface area (Å²) in [6.45, 7) is 3.22. The van der Waals surface area contributed by atoms with Gasteiger partial charge in [0.05, 0.1) is 20.1 Å². The molecule has 0 radical (unpaired) electrons. The predicted octanol–water partition coefficient (Wildman–Crippen LogP) is 0.680. The minimum atomic E-state index is -0.209. The summed E-state index contributed by atoms with van der Waals surface area (Å²) in [7, 11) is 4.68. The van der Waals surface area contributed by atoms with Crippen LogP contribution in [-0.2, 0) is 19.1 Å². The summed E-state index contributed by atoms with van der Waals surface area (Å²) in [5, 5.41) is 0. The topological polar surface area (TPSA) is 55.8 Å². The van der Waals surface area contributed by atoms with E-state index in [-0.39, 0.29) is 17.9 Å². The zero-order valence-corrected chi connectivity index (χ0v) is 10.5. The number of carbonyl (C=O) groups is 2. The van der Waals surface area contributed by atoms with Gasteiger partial charge < -0.3 is 14.4 Å². The van der Waals surface area contributed by atoms with Crippen molar-refractivity contribution < 1.29 is 19.1 Å². The van der Waals surface area contributed by atoms with Gasteiger partial charge in [0.15, 0.2) is 0 Å². The van der Waals surface area contributed by atoms with Gasteiger partial charge in [0, 0.05) is 13.0 Å². The maximum Gasteiger partial charge on any atom is 0.309 e. The van der Waals surface area contributed by atoms with Crippen LogP contribution in [0.4, 0.5) is 0 Å². The van der Waals surface area contributed by atoms with Crippen LogP contribution >= 0.6 is 0 Å². The van der Waals surface area contributed by atoms with E-state index in [4.69, 9.17) is 0 Å². The molecule has 0 aromatic rings. The Morgan fingerprint density at radius 1 is 1.25 bits per heavy atom. The van der Waals surface area contributed by atoms with Crippen molar-refractivity contribution in [3.05, 3.63) is 0 Å². The SMILES string of the molecule is COC(=O)CCCN(C)CC(C)C(=O)OC. The van der Waals surface area contributed by atoms with Gasteiger partial charge in [-0.15, -0.1) is 0 Å². The molecule has 5 nitrogen and oxygen atoms in total. The highest BCUT2D eigenvalue weighted by molar-refractivity contribution is 5.72. The lowest BCUT2D eigenvalue weighted by Crippen LogP contribution is -2.30. The summed E-state index contributed by atoms with van der Waals surface area (Å²) >= 11 is 0. The Morgan fingerprint density at radius 2 is 1.88 bits per heavy atom. The van der Waals surface area contributed by atoms with Crippen molar-refractivity contribution in [2.24, 2.45) is 5.92 Å². The lowest BCUT2D eigenvalue weighted by molar-refractivity contribution is -0.145. The molecule has 0 aliphatic carbocycles. The first-order valence-corrected chi connectivity index (χ1v) is 5.34. The van der Waals surface area contributed by atoms with Crippen molar-refractivity contribution in [2.75, 3.05) is 34.4 Å². The maximum atomic E-state index is 11.2. The molecule has 0 N–H and O–H groups in total. The van der Waals surface area contributed by atoms with Crippen LogP contribution in [0.25, 0.3) is 0 Å². The van der Waals surface area contributed by atoms with E-state index >= 15 is 0 Å². The van der Waals surface area contributed by atoms with Crippen LogP contribution in [-0.4, -0.2) is 51.2 Å². The number of methoxy groups -OCH3 is 2. The van der Waals surface area contributed by atoms with Crippen LogP contribution in [0.3, 0.4) is 0 Å². The summed E-state index contributed by atoms with van der Waals surface area (Å²) in [6.07, 6.45) is 1.14. The fraction of sp³-hybridized carbons (Fsp3) is 0.818. The second-order valence-electron chi connectivity index (χ2n) is 3.87. The highest BCUT2D eigenvalue weighted by Crippen LogP contribution is 2.02. The Balaban J connectivity index is 3.69. The normalized spacial score (nSPS) is 12.3. The Labute approximate surface area is 96.7 Å². The molecule has 94 valence electrons. The van der Waals surface area contributed by atoms with Gasteiger partial charge in [0.1, 0.15) is 0 Å². The average molecular weight is 231 g/mol. The lowest BCUT2D eigenvalue weighted by Gasteiger charge is -2.19. The second-order valence-corrected chi connectivity index (χ2v) is 3.87. The third kappa shape index (κ3) is 6.40. The highest BCUT2D eigenvalue weighted by Gasteiger charge is 2.15. The summed E-state index contributed by atoms with van der Waals surface area (Å²) in [5.74, 6) is -0.553. The summed E-state index contributed by atoms with van der Waals surface area (Å²) < 4.78 is 9.17. The van der Waals surface area contributed by atoms with Crippen LogP contribution in [0.1, 0.15) is 19.8 Å². The van der Waals surface area contributed by atoms with Gasteiger partial charge in [-0.3, -0.25) is 9.59 Å². The van der Waals surface area contributed by atoms with Crippen molar-refractivity contribution in [1.82, 2.24) is 4.90 Å². The Hall–Kier alpha value is -1.10. The summed E-state index contributed by atoms with van der Waals surface area (Å²) in [5.41, 5.74) is 0. The van der Waals surface area contributed by atoms with E-state index in [1.807, 2.05) is 18.9 Å². The van der Waals surface area contributed by atoms with Gasteiger partial charge in [-0.2, -0.15) is 0 Å². The Morgan fingerprint density at radius 3 is 2.38 bits per heavy atom. The molecule has 0 spiro atoms. The van der Waals surface area contributed by atoms with Crippen LogP contribution in [0, 0.1) is 5.92 Å². The quantitative estimate of drug-likeness (QED) is 0.603. The number of rotatable bonds is 7. The van der Waals surface area contributed by atoms with Gasteiger partial charge in [0.25, 0.3) is 0 Å². The molecule has 1 unspecified atom stereocenters. The molecule has 0 aliphatic rings. The monoisotopic (exact) mass is 231 g/mol. The van der Waals surface area contributed by atoms with E-state index in [9.17, 15) is 9.59 Å². The van der Waals surface area contributed by atoms with E-state index in [0.29, 0.717) is 13.0 Å². The van der Waals surface area contributed by atoms with Gasteiger partial charge in [-0.1, -0.05) is 6.92 Å². The van der Waals surface area contributed by atoms with Crippen LogP contribution in [0.15, 0.2) is 0 Å². The molecular weight excluding hydrogens is 210 g/mol. The Bertz CT molecular complexity index is 230. The predicted molar refractivity (Wildman–Crippen MR) is 59.9 cm³/mol. The molecule has 16 heavy (non-hydrogen) atoms. The molecule has 0 aromatic carbocycles. The van der Waals surface area contributed by atoms with Crippen molar-refractivity contribution in [1.29, 1.82) is 0 Å². The lowest BCUT2D eigenvalue weighted by atomic mass is 10.1. The number of ether oxygens (including phenoxy) is 2. The first-order chi connectivity index (χ1) is 7.51. The summed E-state index contributed by atoms with van der Waals surface area (Å²) in [6, 6.07) is 0. The smallest absolute Gasteiger partial charge is 0.309 e. The fourth-order valence-corrected chi connectivity index (χ4v) is 1.43. The van der Waals surface area contributed by atoms with Gasteiger partial charge in [0.2, 0.25) is 0 Å². The fourth-order valence-electron chi connectivity index (χ4n) is 1.43. The Kier molecular flexibility index (Phi) is 7.54. The van der Waals surface area contributed by atoms with Crippen molar-refractivity contribution in [3.63, 3.8) is 0 Å². The third-order valence-corrected chi connectivity index (χ3v) is 2.34. The highest BCUT2D eigenvalue weighted by atomic mass is 16.5. The van der Waals surface area contributed by atoms with E-state index in [2.05, 4.69) is 9.47 Å². The van der Waals surface area contributed by atoms with Crippen molar-refractivity contribution in [3.8, 4) is 0 Å². The molecule has 0 saturated heterocycles. The molecule has 0 heterocycles. The van der Waals surface area contributed by atoms with E-state index in [0.717, 1.165) is 13.0 Å². The van der Waals surface area contributed by atoms with Crippen LogP contribution in [0.2, 0.25) is 0 Å². The minimum Gasteiger partial charge on any atom is -0.469 e. The molecule has 1 atom stereocenters. The number of nitrogens with zero attached hydrogens (tertiary/aromatic N) is 1. The molecular formula is C11H21NO4. The largest absolute Gasteiger partial charge is 0.469 e. The first kappa shape index (κ1) is 14.9. The molecule has 0 aromatic heterocycles. The number of esters is 2. The van der Waals surface area contributed by atoms with Gasteiger partial charge in [-0.25, -0.2) is 0 Å². The number of carbonyl (C=O) groups excluding carboxylic acids is 2. The van der Waals surface area contributed by atoms with Gasteiger partial charge in [-0.05, 0) is 20.0 Å². The molecule has 0 amide bonds. The summed E-state index contributed by atoms with van der Waals surface area (Å²) in [4.78, 5) is 24.0. The maximum absolute atomic E-state index is 11.2. The van der Waals surface area contributed by atoms with Crippen LogP contribution < -0.4 is 0 Å². The first-order valence-electron chi connectivity index (χ1n) is 5.34. The van der Waals surface area contributed by atoms with Crippen molar-refractivity contribution in [2.45, 2.75) is 19.8 Å². The number of hydrogen-bond donors (Lipinski definition) is 0. The van der Waals surface area contributed by atoms with Gasteiger partial charge >= 0.3 is 11.9 Å². The van der Waals surface area contributed by atoms with Crippen molar-refractivity contribution >= 4 is 11.9 Å². The third-order valence-electron chi connectivity index (χ3n) is 2.34. The molecule has 0 saturated carbocycles. The minimum absolute atomic E-state index is 0.145. The molecule has 0 aliphatic heterocycles. The zero-order chi connectivity index (χ0) is 12.6. The molecule has 0 rings (SSSR count).